The molecule has 0 radical (unpaired) electrons. The molecule has 1 aliphatic heterocycles. The van der Waals surface area contributed by atoms with Crippen LogP contribution in [-0.2, 0) is 11.3 Å². The van der Waals surface area contributed by atoms with Gasteiger partial charge < -0.3 is 20.4 Å². The van der Waals surface area contributed by atoms with E-state index >= 15 is 0 Å². The number of hydrogen-bond donors (Lipinski definition) is 3. The fourth-order valence-electron chi connectivity index (χ4n) is 3.63. The van der Waals surface area contributed by atoms with Crippen LogP contribution in [0.25, 0.3) is 10.9 Å². The molecule has 8 heteroatoms. The van der Waals surface area contributed by atoms with E-state index in [1.165, 1.54) is 0 Å². The van der Waals surface area contributed by atoms with Crippen molar-refractivity contribution in [2.24, 2.45) is 0 Å². The molecule has 0 saturated carbocycles. The van der Waals surface area contributed by atoms with Crippen LogP contribution >= 0.6 is 12.2 Å². The molecular formula is C23H27N5O2S. The van der Waals surface area contributed by atoms with E-state index in [2.05, 4.69) is 25.5 Å². The van der Waals surface area contributed by atoms with Gasteiger partial charge in [0.1, 0.15) is 5.82 Å². The van der Waals surface area contributed by atoms with Crippen molar-refractivity contribution in [2.75, 3.05) is 44.7 Å². The van der Waals surface area contributed by atoms with Gasteiger partial charge in [-0.3, -0.25) is 9.69 Å². The van der Waals surface area contributed by atoms with Gasteiger partial charge in [0.15, 0.2) is 4.77 Å². The zero-order valence-corrected chi connectivity index (χ0v) is 18.2. The summed E-state index contributed by atoms with van der Waals surface area (Å²) in [6, 6.07) is 15.6. The first-order valence-electron chi connectivity index (χ1n) is 10.6. The Bertz CT molecular complexity index is 1080. The van der Waals surface area contributed by atoms with Gasteiger partial charge in [0.05, 0.1) is 18.7 Å². The van der Waals surface area contributed by atoms with Crippen LogP contribution in [0.3, 0.4) is 0 Å². The minimum atomic E-state index is -0.0384. The van der Waals surface area contributed by atoms with Crippen LogP contribution in [0, 0.1) is 4.77 Å². The maximum absolute atomic E-state index is 12.4. The van der Waals surface area contributed by atoms with Crippen molar-refractivity contribution in [2.45, 2.75) is 13.0 Å². The average Bonchev–Trinajstić information content (AvgIpc) is 2.81. The molecule has 0 spiro atoms. The molecule has 0 atom stereocenters. The molecule has 162 valence electrons. The molecule has 1 fully saturated rings. The Hall–Kier alpha value is -2.81. The first-order valence-corrected chi connectivity index (χ1v) is 11.0. The molecule has 3 aromatic rings. The smallest absolute Gasteiger partial charge is 0.251 e. The van der Waals surface area contributed by atoms with E-state index in [1.807, 2.05) is 48.5 Å². The summed E-state index contributed by atoms with van der Waals surface area (Å²) in [5.41, 5.74) is 2.68. The molecule has 3 N–H and O–H groups in total. The highest BCUT2D eigenvalue weighted by Gasteiger charge is 2.10. The van der Waals surface area contributed by atoms with Crippen molar-refractivity contribution in [1.29, 1.82) is 0 Å². The van der Waals surface area contributed by atoms with Gasteiger partial charge in [0.2, 0.25) is 0 Å². The van der Waals surface area contributed by atoms with Gasteiger partial charge >= 0.3 is 0 Å². The number of benzene rings is 2. The van der Waals surface area contributed by atoms with Crippen molar-refractivity contribution in [1.82, 2.24) is 20.2 Å². The summed E-state index contributed by atoms with van der Waals surface area (Å²) in [6.45, 7) is 5.81. The van der Waals surface area contributed by atoms with E-state index in [1.54, 1.807) is 0 Å². The number of para-hydroxylation sites is 1. The van der Waals surface area contributed by atoms with Crippen molar-refractivity contribution < 1.29 is 9.53 Å². The lowest BCUT2D eigenvalue weighted by atomic mass is 10.1. The van der Waals surface area contributed by atoms with Crippen LogP contribution < -0.4 is 10.6 Å². The first-order chi connectivity index (χ1) is 15.2. The number of H-pyrrole nitrogens is 1. The lowest BCUT2D eigenvalue weighted by molar-refractivity contribution is 0.0374. The maximum atomic E-state index is 12.4. The van der Waals surface area contributed by atoms with Gasteiger partial charge in [0, 0.05) is 37.1 Å². The number of aromatic amines is 1. The van der Waals surface area contributed by atoms with E-state index in [-0.39, 0.29) is 5.91 Å². The SMILES string of the molecule is O=C(NCCCN1CCOCC1)c1ccc(CNc2nc(=S)[nH]c3ccccc23)cc1. The quantitative estimate of drug-likeness (QED) is 0.370. The van der Waals surface area contributed by atoms with E-state index in [0.717, 1.165) is 61.6 Å². The molecule has 4 rings (SSSR count). The Morgan fingerprint density at radius 1 is 1.13 bits per heavy atom. The van der Waals surface area contributed by atoms with E-state index < -0.39 is 0 Å². The van der Waals surface area contributed by atoms with Crippen LogP contribution in [0.15, 0.2) is 48.5 Å². The monoisotopic (exact) mass is 437 g/mol. The summed E-state index contributed by atoms with van der Waals surface area (Å²) < 4.78 is 5.80. The summed E-state index contributed by atoms with van der Waals surface area (Å²) in [6.07, 6.45) is 0.939. The molecule has 1 saturated heterocycles. The zero-order valence-electron chi connectivity index (χ0n) is 17.4. The minimum absolute atomic E-state index is 0.0384. The number of nitrogens with one attached hydrogen (secondary N) is 3. The highest BCUT2D eigenvalue weighted by atomic mass is 32.1. The second kappa shape index (κ2) is 10.5. The highest BCUT2D eigenvalue weighted by molar-refractivity contribution is 7.71. The average molecular weight is 438 g/mol. The zero-order chi connectivity index (χ0) is 21.5. The summed E-state index contributed by atoms with van der Waals surface area (Å²) in [7, 11) is 0. The maximum Gasteiger partial charge on any atom is 0.251 e. The number of aromatic nitrogens is 2. The Labute approximate surface area is 186 Å². The summed E-state index contributed by atoms with van der Waals surface area (Å²) in [5, 5.41) is 7.35. The van der Waals surface area contributed by atoms with Crippen LogP contribution in [0.4, 0.5) is 5.82 Å². The predicted octanol–water partition coefficient (Wildman–Crippen LogP) is 3.36. The highest BCUT2D eigenvalue weighted by Crippen LogP contribution is 2.19. The largest absolute Gasteiger partial charge is 0.379 e. The van der Waals surface area contributed by atoms with Crippen LogP contribution in [0.5, 0.6) is 0 Å². The van der Waals surface area contributed by atoms with Gasteiger partial charge in [-0.05, 0) is 55.0 Å². The van der Waals surface area contributed by atoms with Crippen LogP contribution in [0.2, 0.25) is 0 Å². The van der Waals surface area contributed by atoms with E-state index in [0.29, 0.717) is 23.4 Å². The molecule has 7 nitrogen and oxygen atoms in total. The number of nitrogens with zero attached hydrogens (tertiary/aromatic N) is 2. The predicted molar refractivity (Wildman–Crippen MR) is 125 cm³/mol. The standard InChI is InChI=1S/C23H27N5O2S/c29-22(24-10-3-11-28-12-14-30-15-13-28)18-8-6-17(7-9-18)16-25-21-19-4-1-2-5-20(19)26-23(31)27-21/h1-2,4-9H,3,10-16H2,(H,24,29)(H2,25,26,27,31). The topological polar surface area (TPSA) is 82.3 Å². The van der Waals surface area contributed by atoms with E-state index in [4.69, 9.17) is 17.0 Å². The number of amides is 1. The number of anilines is 1. The number of morpholine rings is 1. The molecule has 2 heterocycles. The number of rotatable bonds is 8. The molecule has 0 bridgehead atoms. The van der Waals surface area contributed by atoms with Crippen molar-refractivity contribution in [3.8, 4) is 0 Å². The number of hydrogen-bond acceptors (Lipinski definition) is 6. The third kappa shape index (κ3) is 5.88. The lowest BCUT2D eigenvalue weighted by Gasteiger charge is -2.26. The first kappa shape index (κ1) is 21.4. The Morgan fingerprint density at radius 2 is 1.90 bits per heavy atom. The third-order valence-corrected chi connectivity index (χ3v) is 5.55. The minimum Gasteiger partial charge on any atom is -0.379 e. The van der Waals surface area contributed by atoms with Gasteiger partial charge in [-0.1, -0.05) is 24.3 Å². The Balaban J connectivity index is 1.27. The van der Waals surface area contributed by atoms with Gasteiger partial charge in [0.25, 0.3) is 5.91 Å². The van der Waals surface area contributed by atoms with Crippen molar-refractivity contribution in [3.63, 3.8) is 0 Å². The van der Waals surface area contributed by atoms with Gasteiger partial charge in [-0.25, -0.2) is 4.98 Å². The second-order valence-corrected chi connectivity index (χ2v) is 7.94. The molecular weight excluding hydrogens is 410 g/mol. The molecule has 2 aromatic carbocycles. The normalized spacial score (nSPS) is 14.5. The van der Waals surface area contributed by atoms with Gasteiger partial charge in [-0.15, -0.1) is 0 Å². The molecule has 0 unspecified atom stereocenters. The molecule has 1 aliphatic rings. The molecule has 0 aliphatic carbocycles. The van der Waals surface area contributed by atoms with Crippen molar-refractivity contribution in [3.05, 3.63) is 64.4 Å². The number of carbonyl (C=O) groups is 1. The van der Waals surface area contributed by atoms with Gasteiger partial charge in [-0.2, -0.15) is 0 Å². The van der Waals surface area contributed by atoms with Crippen molar-refractivity contribution >= 4 is 34.8 Å². The summed E-state index contributed by atoms with van der Waals surface area (Å²) in [5.74, 6) is 0.713. The Morgan fingerprint density at radius 3 is 2.71 bits per heavy atom. The van der Waals surface area contributed by atoms with Crippen LogP contribution in [0.1, 0.15) is 22.3 Å². The molecule has 1 aromatic heterocycles. The summed E-state index contributed by atoms with van der Waals surface area (Å²) in [4.78, 5) is 22.3. The Kier molecular flexibility index (Phi) is 7.24. The van der Waals surface area contributed by atoms with Crippen LogP contribution in [-0.4, -0.2) is 60.2 Å². The molecule has 1 amide bonds. The fourth-order valence-corrected chi connectivity index (χ4v) is 3.83. The second-order valence-electron chi connectivity index (χ2n) is 7.55. The van der Waals surface area contributed by atoms with E-state index in [9.17, 15) is 4.79 Å². The number of fused-ring (bicyclic) bond motifs is 1. The lowest BCUT2D eigenvalue weighted by Crippen LogP contribution is -2.38. The third-order valence-electron chi connectivity index (χ3n) is 5.35. The molecule has 31 heavy (non-hydrogen) atoms. The fraction of sp³-hybridized carbons (Fsp3) is 0.348. The number of carbonyl (C=O) groups excluding carboxylic acids is 1. The number of ether oxygens (including phenoxy) is 1. The summed E-state index contributed by atoms with van der Waals surface area (Å²) >= 11 is 5.22.